The summed E-state index contributed by atoms with van der Waals surface area (Å²) in [5.74, 6) is 0.685. The van der Waals surface area contributed by atoms with Crippen LogP contribution in [0.1, 0.15) is 43.7 Å². The maximum absolute atomic E-state index is 4.26. The minimum Gasteiger partial charge on any atom is -0.302 e. The Balaban J connectivity index is 1.58. The Kier molecular flexibility index (Phi) is 4.58. The standard InChI is InChI=1S/C20H26N2/c1-20(2,19-8-4-3-5-9-19)16-22-13-10-17(11-14-22)18-7-6-12-21-15-18/h3-9,12,15,17H,10-11,13-14,16H2,1-2H3. The number of hydrogen-bond donors (Lipinski definition) is 0. The van der Waals surface area contributed by atoms with Gasteiger partial charge in [0.2, 0.25) is 0 Å². The van der Waals surface area contributed by atoms with E-state index in [-0.39, 0.29) is 5.41 Å². The lowest BCUT2D eigenvalue weighted by Gasteiger charge is -2.37. The lowest BCUT2D eigenvalue weighted by Crippen LogP contribution is -2.41. The molecule has 0 N–H and O–H groups in total. The topological polar surface area (TPSA) is 16.1 Å². The van der Waals surface area contributed by atoms with Gasteiger partial charge in [-0.1, -0.05) is 50.2 Å². The monoisotopic (exact) mass is 294 g/mol. The van der Waals surface area contributed by atoms with Crippen LogP contribution in [0.3, 0.4) is 0 Å². The molecule has 1 saturated heterocycles. The van der Waals surface area contributed by atoms with Crippen LogP contribution in [-0.2, 0) is 5.41 Å². The van der Waals surface area contributed by atoms with Gasteiger partial charge in [-0.3, -0.25) is 4.98 Å². The van der Waals surface area contributed by atoms with Gasteiger partial charge in [0.1, 0.15) is 0 Å². The highest BCUT2D eigenvalue weighted by atomic mass is 15.1. The fraction of sp³-hybridized carbons (Fsp3) is 0.450. The molecule has 1 aliphatic heterocycles. The molecule has 0 radical (unpaired) electrons. The number of aromatic nitrogens is 1. The number of piperidine rings is 1. The van der Waals surface area contributed by atoms with Crippen LogP contribution in [0.15, 0.2) is 54.9 Å². The van der Waals surface area contributed by atoms with Crippen molar-refractivity contribution in [2.75, 3.05) is 19.6 Å². The molecule has 0 saturated carbocycles. The number of rotatable bonds is 4. The van der Waals surface area contributed by atoms with Gasteiger partial charge in [-0.2, -0.15) is 0 Å². The summed E-state index contributed by atoms with van der Waals surface area (Å²) in [7, 11) is 0. The van der Waals surface area contributed by atoms with Crippen molar-refractivity contribution >= 4 is 0 Å². The van der Waals surface area contributed by atoms with Gasteiger partial charge in [-0.05, 0) is 49.0 Å². The molecule has 2 heterocycles. The zero-order chi connectivity index (χ0) is 15.4. The Hall–Kier alpha value is -1.67. The van der Waals surface area contributed by atoms with Crippen LogP contribution >= 0.6 is 0 Å². The lowest BCUT2D eigenvalue weighted by molar-refractivity contribution is 0.177. The first-order valence-corrected chi connectivity index (χ1v) is 8.33. The first kappa shape index (κ1) is 15.2. The van der Waals surface area contributed by atoms with Crippen molar-refractivity contribution in [3.8, 4) is 0 Å². The van der Waals surface area contributed by atoms with E-state index in [9.17, 15) is 0 Å². The molecule has 1 aliphatic rings. The van der Waals surface area contributed by atoms with Gasteiger partial charge < -0.3 is 4.90 Å². The molecule has 2 heteroatoms. The molecular formula is C20H26N2. The lowest BCUT2D eigenvalue weighted by atomic mass is 9.83. The first-order valence-electron chi connectivity index (χ1n) is 8.33. The summed E-state index contributed by atoms with van der Waals surface area (Å²) in [5.41, 5.74) is 3.05. The zero-order valence-corrected chi connectivity index (χ0v) is 13.7. The number of likely N-dealkylation sites (tertiary alicyclic amines) is 1. The molecule has 0 amide bonds. The normalized spacial score (nSPS) is 17.5. The van der Waals surface area contributed by atoms with E-state index >= 15 is 0 Å². The predicted molar refractivity (Wildman–Crippen MR) is 92.1 cm³/mol. The van der Waals surface area contributed by atoms with Crippen molar-refractivity contribution in [1.29, 1.82) is 0 Å². The summed E-state index contributed by atoms with van der Waals surface area (Å²) < 4.78 is 0. The molecule has 1 aromatic heterocycles. The van der Waals surface area contributed by atoms with Crippen LogP contribution in [-0.4, -0.2) is 29.5 Å². The van der Waals surface area contributed by atoms with Gasteiger partial charge >= 0.3 is 0 Å². The molecule has 0 bridgehead atoms. The Morgan fingerprint density at radius 3 is 2.41 bits per heavy atom. The average molecular weight is 294 g/mol. The van der Waals surface area contributed by atoms with E-state index in [4.69, 9.17) is 0 Å². The summed E-state index contributed by atoms with van der Waals surface area (Å²) in [5, 5.41) is 0. The number of pyridine rings is 1. The van der Waals surface area contributed by atoms with Crippen molar-refractivity contribution in [1.82, 2.24) is 9.88 Å². The highest BCUT2D eigenvalue weighted by Crippen LogP contribution is 2.30. The van der Waals surface area contributed by atoms with E-state index in [2.05, 4.69) is 66.2 Å². The molecule has 0 aliphatic carbocycles. The maximum Gasteiger partial charge on any atom is 0.0302 e. The van der Waals surface area contributed by atoms with Crippen LogP contribution in [0.2, 0.25) is 0 Å². The van der Waals surface area contributed by atoms with E-state index in [0.29, 0.717) is 5.92 Å². The zero-order valence-electron chi connectivity index (χ0n) is 13.7. The summed E-state index contributed by atoms with van der Waals surface area (Å²) in [4.78, 5) is 6.89. The van der Waals surface area contributed by atoms with Crippen LogP contribution in [0.25, 0.3) is 0 Å². The molecule has 1 aromatic carbocycles. The number of benzene rings is 1. The van der Waals surface area contributed by atoms with E-state index in [1.54, 1.807) is 0 Å². The smallest absolute Gasteiger partial charge is 0.0302 e. The average Bonchev–Trinajstić information content (AvgIpc) is 2.57. The molecule has 22 heavy (non-hydrogen) atoms. The molecule has 1 fully saturated rings. The second-order valence-corrected chi connectivity index (χ2v) is 7.09. The highest BCUT2D eigenvalue weighted by molar-refractivity contribution is 5.24. The number of hydrogen-bond acceptors (Lipinski definition) is 2. The predicted octanol–water partition coefficient (Wildman–Crippen LogP) is 4.24. The van der Waals surface area contributed by atoms with Crippen LogP contribution in [0, 0.1) is 0 Å². The Morgan fingerprint density at radius 1 is 1.05 bits per heavy atom. The van der Waals surface area contributed by atoms with E-state index in [1.165, 1.54) is 37.1 Å². The molecular weight excluding hydrogens is 268 g/mol. The largest absolute Gasteiger partial charge is 0.302 e. The quantitative estimate of drug-likeness (QED) is 0.838. The highest BCUT2D eigenvalue weighted by Gasteiger charge is 2.27. The molecule has 116 valence electrons. The van der Waals surface area contributed by atoms with Gasteiger partial charge in [0.05, 0.1) is 0 Å². The van der Waals surface area contributed by atoms with E-state index in [0.717, 1.165) is 6.54 Å². The summed E-state index contributed by atoms with van der Waals surface area (Å²) in [6, 6.07) is 15.2. The summed E-state index contributed by atoms with van der Waals surface area (Å²) in [6.45, 7) is 8.23. The minimum absolute atomic E-state index is 0.211. The maximum atomic E-state index is 4.26. The third kappa shape index (κ3) is 3.56. The Bertz CT molecular complexity index is 569. The van der Waals surface area contributed by atoms with Gasteiger partial charge in [0.15, 0.2) is 0 Å². The van der Waals surface area contributed by atoms with Crippen molar-refractivity contribution in [2.24, 2.45) is 0 Å². The second-order valence-electron chi connectivity index (χ2n) is 7.09. The molecule has 0 spiro atoms. The number of nitrogens with zero attached hydrogens (tertiary/aromatic N) is 2. The molecule has 0 unspecified atom stereocenters. The summed E-state index contributed by atoms with van der Waals surface area (Å²) in [6.07, 6.45) is 6.39. The van der Waals surface area contributed by atoms with Gasteiger partial charge in [-0.25, -0.2) is 0 Å². The molecule has 2 aromatic rings. The molecule has 3 rings (SSSR count). The van der Waals surface area contributed by atoms with Crippen molar-refractivity contribution in [2.45, 2.75) is 38.0 Å². The second kappa shape index (κ2) is 6.62. The van der Waals surface area contributed by atoms with Gasteiger partial charge in [-0.15, -0.1) is 0 Å². The van der Waals surface area contributed by atoms with E-state index in [1.807, 2.05) is 12.4 Å². The van der Waals surface area contributed by atoms with Crippen molar-refractivity contribution in [3.63, 3.8) is 0 Å². The van der Waals surface area contributed by atoms with Crippen LogP contribution in [0.5, 0.6) is 0 Å². The van der Waals surface area contributed by atoms with Crippen LogP contribution < -0.4 is 0 Å². The van der Waals surface area contributed by atoms with Gasteiger partial charge in [0.25, 0.3) is 0 Å². The van der Waals surface area contributed by atoms with Gasteiger partial charge in [0, 0.05) is 24.4 Å². The SMILES string of the molecule is CC(C)(CN1CCC(c2cccnc2)CC1)c1ccccc1. The first-order chi connectivity index (χ1) is 10.6. The summed E-state index contributed by atoms with van der Waals surface area (Å²) >= 11 is 0. The Morgan fingerprint density at radius 2 is 1.77 bits per heavy atom. The minimum atomic E-state index is 0.211. The van der Waals surface area contributed by atoms with Crippen LogP contribution in [0.4, 0.5) is 0 Å². The molecule has 0 atom stereocenters. The van der Waals surface area contributed by atoms with E-state index < -0.39 is 0 Å². The Labute approximate surface area is 134 Å². The van der Waals surface area contributed by atoms with Crippen molar-refractivity contribution < 1.29 is 0 Å². The third-order valence-electron chi connectivity index (χ3n) is 4.92. The molecule has 2 nitrogen and oxygen atoms in total. The third-order valence-corrected chi connectivity index (χ3v) is 4.92. The fourth-order valence-electron chi connectivity index (χ4n) is 3.58. The fourth-order valence-corrected chi connectivity index (χ4v) is 3.58. The van der Waals surface area contributed by atoms with Crippen molar-refractivity contribution in [3.05, 3.63) is 66.0 Å².